The predicted octanol–water partition coefficient (Wildman–Crippen LogP) is 5.84. The lowest BCUT2D eigenvalue weighted by molar-refractivity contribution is 0.102. The van der Waals surface area contributed by atoms with Gasteiger partial charge in [-0.1, -0.05) is 24.3 Å². The zero-order chi connectivity index (χ0) is 28.1. The normalized spacial score (nSPS) is 16.3. The van der Waals surface area contributed by atoms with Gasteiger partial charge in [-0.25, -0.2) is 4.98 Å². The van der Waals surface area contributed by atoms with Crippen molar-refractivity contribution in [3.63, 3.8) is 0 Å². The molecule has 0 radical (unpaired) electrons. The Balaban J connectivity index is 1.21. The number of aromatic amines is 2. The molecule has 9 heteroatoms. The minimum Gasteiger partial charge on any atom is -0.368 e. The van der Waals surface area contributed by atoms with Gasteiger partial charge < -0.3 is 20.9 Å². The Morgan fingerprint density at radius 2 is 1.78 bits per heavy atom. The highest BCUT2D eigenvalue weighted by molar-refractivity contribution is 6.05. The molecule has 4 heterocycles. The van der Waals surface area contributed by atoms with Crippen LogP contribution in [0.2, 0.25) is 0 Å². The van der Waals surface area contributed by atoms with Gasteiger partial charge in [-0.3, -0.25) is 9.89 Å². The fourth-order valence-electron chi connectivity index (χ4n) is 6.03. The Hall–Kier alpha value is -4.50. The molecule has 1 aliphatic heterocycles. The highest BCUT2D eigenvalue weighted by Gasteiger charge is 2.26. The van der Waals surface area contributed by atoms with E-state index in [0.717, 1.165) is 70.8 Å². The van der Waals surface area contributed by atoms with E-state index in [9.17, 15) is 4.79 Å². The number of anilines is 2. The number of piperidine rings is 1. The van der Waals surface area contributed by atoms with Crippen LogP contribution < -0.4 is 11.1 Å². The standard InChI is InChI=1S/C32H34N8O/c1-18-23(4-3-5-26(18)36-31(41)22-10-8-20(9-11-22)19-6-7-19)29-24-16-27(35-30(24)38-32(33)37-29)25-17-34-39-28(25)21-12-14-40(2)15-13-21/h3-5,8-11,16-17,19,21H,6-7,12-15H2,1-2H3,(H,34,39)(H,36,41)(H3,33,35,37,38). The fourth-order valence-corrected chi connectivity index (χ4v) is 6.03. The first kappa shape index (κ1) is 25.5. The SMILES string of the molecule is Cc1c(NC(=O)c2ccc(C3CC3)cc2)cccc1-c1nc(N)nc2[nH]c(-c3c[nH]nc3C3CCN(C)CC3)cc12. The van der Waals surface area contributed by atoms with E-state index >= 15 is 0 Å². The summed E-state index contributed by atoms with van der Waals surface area (Å²) in [5.74, 6) is 1.12. The van der Waals surface area contributed by atoms with Crippen molar-refractivity contribution in [2.24, 2.45) is 0 Å². The van der Waals surface area contributed by atoms with Gasteiger partial charge in [0.05, 0.1) is 17.1 Å². The summed E-state index contributed by atoms with van der Waals surface area (Å²) in [6.45, 7) is 4.12. The lowest BCUT2D eigenvalue weighted by Crippen LogP contribution is -2.29. The van der Waals surface area contributed by atoms with Crippen molar-refractivity contribution in [3.8, 4) is 22.5 Å². The van der Waals surface area contributed by atoms with Crippen LogP contribution in [0.3, 0.4) is 0 Å². The largest absolute Gasteiger partial charge is 0.368 e. The molecule has 9 nitrogen and oxygen atoms in total. The second-order valence-electron chi connectivity index (χ2n) is 11.5. The molecule has 2 aliphatic rings. The number of rotatable bonds is 6. The van der Waals surface area contributed by atoms with Crippen molar-refractivity contribution < 1.29 is 4.79 Å². The average Bonchev–Trinajstić information content (AvgIpc) is 3.56. The molecule has 5 aromatic rings. The number of amides is 1. The van der Waals surface area contributed by atoms with E-state index < -0.39 is 0 Å². The fraction of sp³-hybridized carbons (Fsp3) is 0.312. The Kier molecular flexibility index (Phi) is 6.31. The van der Waals surface area contributed by atoms with Crippen LogP contribution in [-0.2, 0) is 0 Å². The second-order valence-corrected chi connectivity index (χ2v) is 11.5. The lowest BCUT2D eigenvalue weighted by atomic mass is 9.91. The van der Waals surface area contributed by atoms with Crippen molar-refractivity contribution in [2.45, 2.75) is 44.4 Å². The van der Waals surface area contributed by atoms with Crippen LogP contribution in [0.4, 0.5) is 11.6 Å². The van der Waals surface area contributed by atoms with Gasteiger partial charge in [-0.15, -0.1) is 0 Å². The monoisotopic (exact) mass is 546 g/mol. The first-order valence-corrected chi connectivity index (χ1v) is 14.3. The van der Waals surface area contributed by atoms with Crippen LogP contribution in [0.25, 0.3) is 33.5 Å². The Morgan fingerprint density at radius 3 is 2.54 bits per heavy atom. The molecule has 0 atom stereocenters. The highest BCUT2D eigenvalue weighted by atomic mass is 16.1. The Bertz CT molecular complexity index is 1740. The van der Waals surface area contributed by atoms with E-state index in [2.05, 4.69) is 60.6 Å². The molecule has 0 spiro atoms. The third-order valence-electron chi connectivity index (χ3n) is 8.63. The molecule has 5 N–H and O–H groups in total. The maximum absolute atomic E-state index is 13.1. The summed E-state index contributed by atoms with van der Waals surface area (Å²) in [7, 11) is 2.17. The van der Waals surface area contributed by atoms with Crippen molar-refractivity contribution in [1.82, 2.24) is 30.0 Å². The van der Waals surface area contributed by atoms with Crippen LogP contribution in [0.15, 0.2) is 54.7 Å². The summed E-state index contributed by atoms with van der Waals surface area (Å²) < 4.78 is 0. The number of likely N-dealkylation sites (tertiary alicyclic amines) is 1. The molecule has 208 valence electrons. The van der Waals surface area contributed by atoms with Crippen molar-refractivity contribution in [3.05, 3.63) is 77.1 Å². The molecule has 0 unspecified atom stereocenters. The summed E-state index contributed by atoms with van der Waals surface area (Å²) >= 11 is 0. The van der Waals surface area contributed by atoms with E-state index in [-0.39, 0.29) is 11.9 Å². The van der Waals surface area contributed by atoms with Crippen LogP contribution in [0.5, 0.6) is 0 Å². The summed E-state index contributed by atoms with van der Waals surface area (Å²) in [6, 6.07) is 15.9. The molecular formula is C32H34N8O. The van der Waals surface area contributed by atoms with E-state index in [0.29, 0.717) is 23.0 Å². The van der Waals surface area contributed by atoms with Crippen LogP contribution in [0, 0.1) is 6.92 Å². The van der Waals surface area contributed by atoms with Crippen LogP contribution in [0.1, 0.15) is 64.7 Å². The summed E-state index contributed by atoms with van der Waals surface area (Å²) in [5.41, 5.74) is 15.1. The topological polar surface area (TPSA) is 129 Å². The van der Waals surface area contributed by atoms with Gasteiger partial charge >= 0.3 is 0 Å². The number of aromatic nitrogens is 5. The number of carbonyl (C=O) groups is 1. The molecule has 1 amide bonds. The molecule has 1 aliphatic carbocycles. The number of hydrogen-bond donors (Lipinski definition) is 4. The van der Waals surface area contributed by atoms with Crippen molar-refractivity contribution >= 4 is 28.6 Å². The summed E-state index contributed by atoms with van der Waals surface area (Å²) in [5, 5.41) is 11.7. The first-order chi connectivity index (χ1) is 19.9. The Morgan fingerprint density at radius 1 is 1.00 bits per heavy atom. The molecule has 3 aromatic heterocycles. The van der Waals surface area contributed by atoms with Gasteiger partial charge in [0.15, 0.2) is 0 Å². The van der Waals surface area contributed by atoms with Gasteiger partial charge in [-0.05, 0) is 94.1 Å². The molecule has 7 rings (SSSR count). The third-order valence-corrected chi connectivity index (χ3v) is 8.63. The van der Waals surface area contributed by atoms with Gasteiger partial charge in [0, 0.05) is 39.9 Å². The first-order valence-electron chi connectivity index (χ1n) is 14.3. The number of benzene rings is 2. The maximum atomic E-state index is 13.1. The van der Waals surface area contributed by atoms with Gasteiger partial charge in [0.2, 0.25) is 5.95 Å². The molecule has 41 heavy (non-hydrogen) atoms. The molecule has 0 bridgehead atoms. The van der Waals surface area contributed by atoms with Crippen molar-refractivity contribution in [1.29, 1.82) is 0 Å². The number of nitrogens with two attached hydrogens (primary N) is 1. The number of hydrogen-bond acceptors (Lipinski definition) is 6. The van der Waals surface area contributed by atoms with Crippen molar-refractivity contribution in [2.75, 3.05) is 31.2 Å². The summed E-state index contributed by atoms with van der Waals surface area (Å²) in [4.78, 5) is 28.1. The Labute approximate surface area is 238 Å². The molecule has 1 saturated heterocycles. The van der Waals surface area contributed by atoms with E-state index in [1.54, 1.807) is 0 Å². The zero-order valence-corrected chi connectivity index (χ0v) is 23.4. The number of carbonyl (C=O) groups excluding carboxylic acids is 1. The summed E-state index contributed by atoms with van der Waals surface area (Å²) in [6.07, 6.45) is 6.59. The van der Waals surface area contributed by atoms with Gasteiger partial charge in [-0.2, -0.15) is 10.1 Å². The van der Waals surface area contributed by atoms with Crippen LogP contribution >= 0.6 is 0 Å². The zero-order valence-electron chi connectivity index (χ0n) is 23.4. The smallest absolute Gasteiger partial charge is 0.255 e. The minimum absolute atomic E-state index is 0.134. The number of nitrogen functional groups attached to an aromatic ring is 1. The molecule has 2 fully saturated rings. The molecule has 1 saturated carbocycles. The number of fused-ring (bicyclic) bond motifs is 1. The third kappa shape index (κ3) is 4.86. The second kappa shape index (κ2) is 10.2. The van der Waals surface area contributed by atoms with E-state index in [4.69, 9.17) is 5.73 Å². The quantitative estimate of drug-likeness (QED) is 0.212. The number of H-pyrrole nitrogens is 2. The minimum atomic E-state index is -0.134. The molecular weight excluding hydrogens is 512 g/mol. The predicted molar refractivity (Wildman–Crippen MR) is 162 cm³/mol. The van der Waals surface area contributed by atoms with E-state index in [1.165, 1.54) is 18.4 Å². The van der Waals surface area contributed by atoms with Gasteiger partial charge in [0.1, 0.15) is 5.65 Å². The average molecular weight is 547 g/mol. The highest BCUT2D eigenvalue weighted by Crippen LogP contribution is 2.40. The maximum Gasteiger partial charge on any atom is 0.255 e. The van der Waals surface area contributed by atoms with Crippen LogP contribution in [-0.4, -0.2) is 56.1 Å². The van der Waals surface area contributed by atoms with E-state index in [1.807, 2.05) is 43.5 Å². The number of nitrogens with zero attached hydrogens (tertiary/aromatic N) is 4. The number of nitrogens with one attached hydrogen (secondary N) is 3. The molecule has 2 aromatic carbocycles. The lowest BCUT2D eigenvalue weighted by Gasteiger charge is -2.28. The van der Waals surface area contributed by atoms with Gasteiger partial charge in [0.25, 0.3) is 5.91 Å².